The Kier molecular flexibility index (Phi) is 7.50. The summed E-state index contributed by atoms with van der Waals surface area (Å²) in [5.74, 6) is 2.01. The van der Waals surface area contributed by atoms with Crippen LogP contribution >= 0.6 is 11.3 Å². The highest BCUT2D eigenvalue weighted by Crippen LogP contribution is 2.48. The molecule has 4 aliphatic rings. The molecule has 274 valence electrons. The molecule has 57 heavy (non-hydrogen) atoms. The van der Waals surface area contributed by atoms with E-state index in [4.69, 9.17) is 9.73 Å². The normalized spacial score (nSPS) is 21.2. The fraction of sp³-hybridized carbons (Fsp3) is 0.118. The Balaban J connectivity index is 0.863. The van der Waals surface area contributed by atoms with Crippen molar-refractivity contribution in [3.05, 3.63) is 198 Å². The number of thiophene rings is 1. The number of aromatic nitrogens is 1. The van der Waals surface area contributed by atoms with Crippen LogP contribution in [0.4, 0.5) is 0 Å². The van der Waals surface area contributed by atoms with Gasteiger partial charge in [0.05, 0.1) is 11.0 Å². The fourth-order valence-electron chi connectivity index (χ4n) is 9.34. The number of fused-ring (bicyclic) bond motifs is 9. The lowest BCUT2D eigenvalue weighted by Crippen LogP contribution is -2.45. The van der Waals surface area contributed by atoms with Crippen molar-refractivity contribution in [3.8, 4) is 11.4 Å². The Morgan fingerprint density at radius 3 is 2.28 bits per heavy atom. The predicted octanol–water partition coefficient (Wildman–Crippen LogP) is 12.2. The Morgan fingerprint density at radius 2 is 1.47 bits per heavy atom. The molecular weight excluding hydrogens is 717 g/mol. The second-order valence-electron chi connectivity index (χ2n) is 15.4. The van der Waals surface area contributed by atoms with Crippen LogP contribution in [0.5, 0.6) is 5.75 Å². The van der Waals surface area contributed by atoms with Crippen LogP contribution in [-0.2, 0) is 0 Å². The molecule has 0 saturated carbocycles. The highest BCUT2D eigenvalue weighted by molar-refractivity contribution is 7.25. The van der Waals surface area contributed by atoms with Gasteiger partial charge in [-0.3, -0.25) is 5.32 Å². The Labute approximate surface area is 334 Å². The number of para-hydroxylation sites is 2. The highest BCUT2D eigenvalue weighted by atomic mass is 32.1. The van der Waals surface area contributed by atoms with Crippen LogP contribution in [0.25, 0.3) is 53.2 Å². The van der Waals surface area contributed by atoms with Gasteiger partial charge in [-0.2, -0.15) is 0 Å². The molecule has 2 aromatic heterocycles. The zero-order chi connectivity index (χ0) is 37.5. The first-order valence-electron chi connectivity index (χ1n) is 19.9. The monoisotopic (exact) mass is 754 g/mol. The average Bonchev–Trinajstić information content (AvgIpc) is 3.95. The van der Waals surface area contributed by atoms with E-state index in [1.807, 2.05) is 11.3 Å². The molecule has 0 bridgehead atoms. The maximum atomic E-state index is 6.93. The first-order valence-corrected chi connectivity index (χ1v) is 20.7. The van der Waals surface area contributed by atoms with Gasteiger partial charge in [-0.15, -0.1) is 11.3 Å². The van der Waals surface area contributed by atoms with E-state index in [0.717, 1.165) is 35.6 Å². The van der Waals surface area contributed by atoms with Gasteiger partial charge in [-0.25, -0.2) is 4.99 Å². The number of hydrogen-bond donors (Lipinski definition) is 2. The first-order chi connectivity index (χ1) is 28.2. The molecule has 0 amide bonds. The summed E-state index contributed by atoms with van der Waals surface area (Å²) in [5.41, 5.74) is 10.7. The van der Waals surface area contributed by atoms with E-state index in [0.29, 0.717) is 0 Å². The Morgan fingerprint density at radius 1 is 0.702 bits per heavy atom. The zero-order valence-corrected chi connectivity index (χ0v) is 31.9. The number of ether oxygens (including phenoxy) is 1. The third kappa shape index (κ3) is 5.36. The number of hydrogen-bond acceptors (Lipinski definition) is 5. The average molecular weight is 755 g/mol. The summed E-state index contributed by atoms with van der Waals surface area (Å²) >= 11 is 1.87. The van der Waals surface area contributed by atoms with Crippen molar-refractivity contribution >= 4 is 64.7 Å². The summed E-state index contributed by atoms with van der Waals surface area (Å²) in [6.45, 7) is 0. The van der Waals surface area contributed by atoms with Gasteiger partial charge in [-0.05, 0) is 65.9 Å². The Hall–Kier alpha value is -6.47. The molecule has 0 saturated heterocycles. The number of amidine groups is 1. The fourth-order valence-corrected chi connectivity index (χ4v) is 10.5. The standard InChI is InChI=1S/C51H38N4OS/c1-3-12-31(13-4-1)49-52-50(32-14-5-2-6-15-32)54-51(53-49)34-23-25-39-42-19-11-18-36(48(42)56-45(39)28-34)33-22-26-40-41-27-24-35(30-47(41)57-46(40)29-33)55-43-20-9-7-16-37(43)38-17-8-10-21-44(38)55/h1,3-5,7-30,42,48-49,51,53H,2,6H2,(H,52,54). The van der Waals surface area contributed by atoms with Crippen molar-refractivity contribution in [3.63, 3.8) is 0 Å². The van der Waals surface area contributed by atoms with Crippen molar-refractivity contribution in [2.45, 2.75) is 37.2 Å². The van der Waals surface area contributed by atoms with Crippen molar-refractivity contribution in [1.82, 2.24) is 15.2 Å². The molecule has 4 heterocycles. The third-order valence-electron chi connectivity index (χ3n) is 12.1. The maximum Gasteiger partial charge on any atom is 0.135 e. The molecule has 0 fully saturated rings. The molecule has 0 radical (unpaired) electrons. The first kappa shape index (κ1) is 32.7. The lowest BCUT2D eigenvalue weighted by Gasteiger charge is -2.32. The minimum absolute atomic E-state index is 0.0711. The number of nitrogens with zero attached hydrogens (tertiary/aromatic N) is 2. The molecule has 8 aromatic rings. The van der Waals surface area contributed by atoms with Crippen molar-refractivity contribution in [2.75, 3.05) is 0 Å². The number of allylic oxidation sites excluding steroid dienone is 4. The number of benzene rings is 6. The van der Waals surface area contributed by atoms with Crippen LogP contribution in [0.1, 0.15) is 53.3 Å². The van der Waals surface area contributed by atoms with Crippen molar-refractivity contribution in [1.29, 1.82) is 0 Å². The van der Waals surface area contributed by atoms with Crippen LogP contribution in [-0.4, -0.2) is 16.5 Å². The van der Waals surface area contributed by atoms with E-state index in [9.17, 15) is 0 Å². The SMILES string of the molecule is C1=CC2c3ccc(C4N=C(C5=CCCC=C5)NC(c5ccccc5)N4)cc3OC2C(c2ccc3c(c2)sc2cc(-n4c5ccccc5c5ccccc54)ccc23)=C1. The summed E-state index contributed by atoms with van der Waals surface area (Å²) in [4.78, 5) is 5.22. The molecule has 2 N–H and O–H groups in total. The molecule has 6 heteroatoms. The topological polar surface area (TPSA) is 50.6 Å². The molecule has 4 atom stereocenters. The molecule has 6 aromatic carbocycles. The molecular formula is C51H38N4OS. The van der Waals surface area contributed by atoms with Crippen LogP contribution in [0.15, 0.2) is 180 Å². The van der Waals surface area contributed by atoms with Gasteiger partial charge in [0.15, 0.2) is 0 Å². The van der Waals surface area contributed by atoms with E-state index in [-0.39, 0.29) is 24.4 Å². The van der Waals surface area contributed by atoms with Gasteiger partial charge in [0, 0.05) is 59.3 Å². The predicted molar refractivity (Wildman–Crippen MR) is 236 cm³/mol. The van der Waals surface area contributed by atoms with Crippen LogP contribution in [0.2, 0.25) is 0 Å². The van der Waals surface area contributed by atoms with Gasteiger partial charge < -0.3 is 14.6 Å². The van der Waals surface area contributed by atoms with E-state index in [2.05, 4.69) is 185 Å². The largest absolute Gasteiger partial charge is 0.484 e. The summed E-state index contributed by atoms with van der Waals surface area (Å²) in [7, 11) is 0. The summed E-state index contributed by atoms with van der Waals surface area (Å²) in [5, 5.41) is 12.6. The molecule has 5 nitrogen and oxygen atoms in total. The second-order valence-corrected chi connectivity index (χ2v) is 16.5. The maximum absolute atomic E-state index is 6.93. The quantitative estimate of drug-likeness (QED) is 0.184. The molecule has 2 aliphatic heterocycles. The molecule has 12 rings (SSSR count). The number of rotatable bonds is 5. The summed E-state index contributed by atoms with van der Waals surface area (Å²) in [6.07, 6.45) is 15.2. The zero-order valence-electron chi connectivity index (χ0n) is 31.1. The summed E-state index contributed by atoms with van der Waals surface area (Å²) < 4.78 is 11.9. The highest BCUT2D eigenvalue weighted by Gasteiger charge is 2.38. The van der Waals surface area contributed by atoms with Crippen LogP contribution in [0, 0.1) is 0 Å². The molecule has 2 aliphatic carbocycles. The van der Waals surface area contributed by atoms with Gasteiger partial charge in [0.1, 0.15) is 30.0 Å². The van der Waals surface area contributed by atoms with Gasteiger partial charge in [-0.1, -0.05) is 134 Å². The summed E-state index contributed by atoms with van der Waals surface area (Å²) in [6, 6.07) is 48.6. The minimum atomic E-state index is -0.226. The van der Waals surface area contributed by atoms with Crippen LogP contribution < -0.4 is 15.4 Å². The van der Waals surface area contributed by atoms with E-state index >= 15 is 0 Å². The number of nitrogens with one attached hydrogen (secondary N) is 2. The second kappa shape index (κ2) is 13.1. The van der Waals surface area contributed by atoms with Gasteiger partial charge in [0.2, 0.25) is 0 Å². The van der Waals surface area contributed by atoms with E-state index in [1.54, 1.807) is 0 Å². The van der Waals surface area contributed by atoms with Crippen LogP contribution in [0.3, 0.4) is 0 Å². The molecule has 0 spiro atoms. The third-order valence-corrected chi connectivity index (χ3v) is 13.2. The van der Waals surface area contributed by atoms with Gasteiger partial charge >= 0.3 is 0 Å². The lowest BCUT2D eigenvalue weighted by atomic mass is 9.84. The van der Waals surface area contributed by atoms with E-state index < -0.39 is 0 Å². The van der Waals surface area contributed by atoms with E-state index in [1.165, 1.54) is 69.9 Å². The Bertz CT molecular complexity index is 3040. The molecule has 4 unspecified atom stereocenters. The lowest BCUT2D eigenvalue weighted by molar-refractivity contribution is 0.278. The minimum Gasteiger partial charge on any atom is -0.484 e. The van der Waals surface area contributed by atoms with Crippen molar-refractivity contribution in [2.24, 2.45) is 4.99 Å². The van der Waals surface area contributed by atoms with Gasteiger partial charge in [0.25, 0.3) is 0 Å². The van der Waals surface area contributed by atoms with Crippen molar-refractivity contribution < 1.29 is 4.74 Å². The smallest absolute Gasteiger partial charge is 0.135 e. The number of aliphatic imine (C=N–C) groups is 1.